The van der Waals surface area contributed by atoms with E-state index >= 15 is 0 Å². The van der Waals surface area contributed by atoms with E-state index in [1.807, 2.05) is 18.2 Å². The number of ether oxygens (including phenoxy) is 2. The lowest BCUT2D eigenvalue weighted by Crippen LogP contribution is -2.82. The molecule has 0 aliphatic rings. The third kappa shape index (κ3) is 3.92. The monoisotopic (exact) mass is 254 g/mol. The molecule has 3 N–H and O–H groups in total. The predicted octanol–water partition coefficient (Wildman–Crippen LogP) is -0.788. The average molecular weight is 254 g/mol. The second-order valence-electron chi connectivity index (χ2n) is 3.10. The van der Waals surface area contributed by atoms with Crippen molar-refractivity contribution in [3.8, 4) is 11.5 Å². The van der Waals surface area contributed by atoms with Gasteiger partial charge in [0.2, 0.25) is 11.3 Å². The van der Waals surface area contributed by atoms with E-state index in [4.69, 9.17) is 21.7 Å². The molecule has 0 atom stereocenters. The first-order valence-electron chi connectivity index (χ1n) is 4.99. The molecular formula is C11H16N3O2S+. The van der Waals surface area contributed by atoms with Crippen LogP contribution in [0.5, 0.6) is 11.5 Å². The van der Waals surface area contributed by atoms with Gasteiger partial charge in [-0.15, -0.1) is 10.5 Å². The van der Waals surface area contributed by atoms with Gasteiger partial charge < -0.3 is 14.8 Å². The maximum absolute atomic E-state index is 5.23. The van der Waals surface area contributed by atoms with E-state index in [1.54, 1.807) is 27.5 Å². The molecule has 1 aromatic rings. The van der Waals surface area contributed by atoms with E-state index in [2.05, 4.69) is 15.8 Å². The number of benzene rings is 1. The first-order chi connectivity index (χ1) is 8.21. The highest BCUT2D eigenvalue weighted by atomic mass is 32.1. The Morgan fingerprint density at radius 2 is 2.12 bits per heavy atom. The Morgan fingerprint density at radius 1 is 1.35 bits per heavy atom. The summed E-state index contributed by atoms with van der Waals surface area (Å²) in [5, 5.41) is 6.15. The van der Waals surface area contributed by atoms with Crippen molar-refractivity contribution in [1.82, 2.24) is 10.7 Å². The van der Waals surface area contributed by atoms with Crippen molar-refractivity contribution < 1.29 is 14.6 Å². The molecule has 0 heterocycles. The molecule has 0 saturated heterocycles. The average Bonchev–Trinajstić information content (AvgIpc) is 2.38. The van der Waals surface area contributed by atoms with Crippen molar-refractivity contribution in [3.05, 3.63) is 23.8 Å². The summed E-state index contributed by atoms with van der Waals surface area (Å²) in [7, 11) is 4.97. The Labute approximate surface area is 106 Å². The largest absolute Gasteiger partial charge is 0.497 e. The number of hydrogen-bond donors (Lipinski definition) is 3. The molecule has 0 amide bonds. The minimum Gasteiger partial charge on any atom is -0.497 e. The molecule has 0 saturated carbocycles. The van der Waals surface area contributed by atoms with E-state index < -0.39 is 0 Å². The van der Waals surface area contributed by atoms with Gasteiger partial charge in [-0.1, -0.05) is 0 Å². The third-order valence-corrected chi connectivity index (χ3v) is 2.38. The van der Waals surface area contributed by atoms with Crippen LogP contribution in [0, 0.1) is 0 Å². The van der Waals surface area contributed by atoms with Crippen LogP contribution in [0.2, 0.25) is 0 Å². The molecule has 0 bridgehead atoms. The number of hydrazone groups is 1. The molecule has 0 aliphatic heterocycles. The normalized spacial score (nSPS) is 10.1. The summed E-state index contributed by atoms with van der Waals surface area (Å²) in [6, 6.07) is 5.53. The van der Waals surface area contributed by atoms with Gasteiger partial charge in [0.1, 0.15) is 11.5 Å². The van der Waals surface area contributed by atoms with Gasteiger partial charge in [-0.2, -0.15) is 0 Å². The predicted molar refractivity (Wildman–Crippen MR) is 70.5 cm³/mol. The molecule has 0 unspecified atom stereocenters. The fourth-order valence-corrected chi connectivity index (χ4v) is 1.25. The zero-order chi connectivity index (χ0) is 12.7. The van der Waals surface area contributed by atoms with Gasteiger partial charge in [-0.3, -0.25) is 0 Å². The zero-order valence-corrected chi connectivity index (χ0v) is 10.9. The van der Waals surface area contributed by atoms with Crippen LogP contribution in [0.3, 0.4) is 0 Å². The van der Waals surface area contributed by atoms with E-state index in [9.17, 15) is 0 Å². The topological polar surface area (TPSA) is 56.5 Å². The van der Waals surface area contributed by atoms with E-state index in [-0.39, 0.29) is 0 Å². The highest BCUT2D eigenvalue weighted by Crippen LogP contribution is 2.21. The molecule has 0 fully saturated rings. The van der Waals surface area contributed by atoms with Gasteiger partial charge in [0.05, 0.1) is 19.8 Å². The van der Waals surface area contributed by atoms with Crippen LogP contribution in [0.25, 0.3) is 0 Å². The molecular weight excluding hydrogens is 238 g/mol. The molecule has 1 aromatic carbocycles. The lowest BCUT2D eigenvalue weighted by molar-refractivity contribution is -0.500. The van der Waals surface area contributed by atoms with Crippen molar-refractivity contribution in [2.24, 2.45) is 0 Å². The summed E-state index contributed by atoms with van der Waals surface area (Å²) >= 11 is 4.92. The van der Waals surface area contributed by atoms with E-state index in [0.29, 0.717) is 5.11 Å². The number of thiocarbonyl (C=S) groups is 1. The van der Waals surface area contributed by atoms with Crippen LogP contribution < -0.4 is 25.3 Å². The number of rotatable bonds is 4. The van der Waals surface area contributed by atoms with Gasteiger partial charge in [0.15, 0.2) is 0 Å². The molecule has 5 nitrogen and oxygen atoms in total. The Hall–Kier alpha value is -1.82. The van der Waals surface area contributed by atoms with Gasteiger partial charge in [0, 0.05) is 7.05 Å². The van der Waals surface area contributed by atoms with Crippen molar-refractivity contribution in [2.45, 2.75) is 0 Å². The highest BCUT2D eigenvalue weighted by molar-refractivity contribution is 7.80. The lowest BCUT2D eigenvalue weighted by Gasteiger charge is -2.05. The Bertz CT molecular complexity index is 421. The van der Waals surface area contributed by atoms with Crippen LogP contribution in [-0.2, 0) is 0 Å². The number of nitrogens with one attached hydrogen (secondary N) is 3. The zero-order valence-electron chi connectivity index (χ0n) is 10.0. The first kappa shape index (κ1) is 13.2. The summed E-state index contributed by atoms with van der Waals surface area (Å²) in [4.78, 5) is 0. The van der Waals surface area contributed by atoms with E-state index in [1.165, 1.54) is 0 Å². The SMILES string of the molecule is CNC(=S)N[NH+]=Cc1cc(OC)ccc1OC. The molecule has 6 heteroatoms. The molecule has 0 radical (unpaired) electrons. The second-order valence-corrected chi connectivity index (χ2v) is 3.51. The van der Waals surface area contributed by atoms with Gasteiger partial charge in [0.25, 0.3) is 0 Å². The maximum Gasteiger partial charge on any atom is 0.223 e. The third-order valence-electron chi connectivity index (χ3n) is 2.08. The standard InChI is InChI=1S/C11H15N3O2S/c1-12-11(17)14-13-7-8-6-9(15-2)4-5-10(8)16-3/h4-7H,1-3H3,(H2,12,14,17)/p+1. The van der Waals surface area contributed by atoms with E-state index in [0.717, 1.165) is 17.1 Å². The Kier molecular flexibility index (Phi) is 5.22. The number of methoxy groups -OCH3 is 2. The quantitative estimate of drug-likeness (QED) is 0.374. The molecule has 1 rings (SSSR count). The van der Waals surface area contributed by atoms with Crippen LogP contribution in [0.1, 0.15) is 5.56 Å². The van der Waals surface area contributed by atoms with Crippen molar-refractivity contribution >= 4 is 23.5 Å². The van der Waals surface area contributed by atoms with Gasteiger partial charge in [-0.25, -0.2) is 0 Å². The molecule has 17 heavy (non-hydrogen) atoms. The number of hydrogen-bond acceptors (Lipinski definition) is 3. The fourth-order valence-electron chi connectivity index (χ4n) is 1.19. The highest BCUT2D eigenvalue weighted by Gasteiger charge is 2.05. The summed E-state index contributed by atoms with van der Waals surface area (Å²) in [6.45, 7) is 0. The van der Waals surface area contributed by atoms with Crippen LogP contribution in [0.4, 0.5) is 0 Å². The molecule has 92 valence electrons. The minimum atomic E-state index is 0.503. The second kappa shape index (κ2) is 6.70. The fraction of sp³-hybridized carbons (Fsp3) is 0.273. The number of hydrazine groups is 1. The summed E-state index contributed by atoms with van der Waals surface area (Å²) in [5.41, 5.74) is 3.65. The Morgan fingerprint density at radius 3 is 2.71 bits per heavy atom. The van der Waals surface area contributed by atoms with Crippen LogP contribution in [-0.4, -0.2) is 32.6 Å². The van der Waals surface area contributed by atoms with Crippen molar-refractivity contribution in [2.75, 3.05) is 21.3 Å². The van der Waals surface area contributed by atoms with Gasteiger partial charge in [-0.05, 0) is 30.4 Å². The molecule has 0 aromatic heterocycles. The maximum atomic E-state index is 5.23. The molecule has 0 spiro atoms. The summed E-state index contributed by atoms with van der Waals surface area (Å²) in [6.07, 6.45) is 1.74. The summed E-state index contributed by atoms with van der Waals surface area (Å²) < 4.78 is 10.4. The minimum absolute atomic E-state index is 0.503. The van der Waals surface area contributed by atoms with Crippen LogP contribution >= 0.6 is 12.2 Å². The van der Waals surface area contributed by atoms with Crippen LogP contribution in [0.15, 0.2) is 18.2 Å². The smallest absolute Gasteiger partial charge is 0.223 e. The first-order valence-corrected chi connectivity index (χ1v) is 5.40. The van der Waals surface area contributed by atoms with Gasteiger partial charge >= 0.3 is 0 Å². The molecule has 0 aliphatic carbocycles. The lowest BCUT2D eigenvalue weighted by atomic mass is 10.2. The van der Waals surface area contributed by atoms with Crippen molar-refractivity contribution in [1.29, 1.82) is 0 Å². The van der Waals surface area contributed by atoms with Crippen molar-refractivity contribution in [3.63, 3.8) is 0 Å². The summed E-state index contributed by atoms with van der Waals surface area (Å²) in [5.74, 6) is 1.51. The Balaban J connectivity index is 2.83.